The van der Waals surface area contributed by atoms with Gasteiger partial charge in [0.15, 0.2) is 9.84 Å². The summed E-state index contributed by atoms with van der Waals surface area (Å²) in [5.41, 5.74) is 8.54. The molecule has 78 valence electrons. The molecule has 1 aromatic rings. The van der Waals surface area contributed by atoms with Gasteiger partial charge in [-0.05, 0) is 17.7 Å². The number of nitrogens with zero attached hydrogens (tertiary/aromatic N) is 3. The summed E-state index contributed by atoms with van der Waals surface area (Å²) in [5, 5.41) is 3.34. The van der Waals surface area contributed by atoms with E-state index < -0.39 is 9.84 Å². The molecule has 6 heteroatoms. The Kier molecular flexibility index (Phi) is 3.49. The van der Waals surface area contributed by atoms with E-state index in [-0.39, 0.29) is 10.6 Å². The summed E-state index contributed by atoms with van der Waals surface area (Å²) in [6, 6.07) is 5.72. The van der Waals surface area contributed by atoms with Crippen molar-refractivity contribution < 1.29 is 8.42 Å². The molecule has 0 spiro atoms. The van der Waals surface area contributed by atoms with Crippen LogP contribution < -0.4 is 0 Å². The Balaban J connectivity index is 3.08. The highest BCUT2D eigenvalue weighted by Gasteiger charge is 2.11. The molecule has 0 N–H and O–H groups in total. The van der Waals surface area contributed by atoms with Crippen LogP contribution in [0.3, 0.4) is 0 Å². The first-order valence-electron chi connectivity index (χ1n) is 4.09. The molecule has 1 aromatic carbocycles. The zero-order chi connectivity index (χ0) is 11.3. The van der Waals surface area contributed by atoms with Gasteiger partial charge in [-0.2, -0.15) is 0 Å². The molecule has 1 rings (SSSR count). The first-order chi connectivity index (χ1) is 7.10. The van der Waals surface area contributed by atoms with E-state index in [1.165, 1.54) is 30.3 Å². The largest absolute Gasteiger partial charge is 0.223 e. The molecule has 0 bridgehead atoms. The maximum Gasteiger partial charge on any atom is 0.181 e. The topological polar surface area (TPSA) is 82.9 Å². The van der Waals surface area contributed by atoms with Crippen molar-refractivity contribution in [2.24, 2.45) is 5.11 Å². The number of azide groups is 1. The minimum atomic E-state index is -3.29. The van der Waals surface area contributed by atoms with Crippen molar-refractivity contribution in [3.8, 4) is 0 Å². The van der Waals surface area contributed by atoms with E-state index in [0.717, 1.165) is 0 Å². The highest BCUT2D eigenvalue weighted by Crippen LogP contribution is 2.17. The van der Waals surface area contributed by atoms with E-state index in [1.54, 1.807) is 0 Å². The quantitative estimate of drug-likeness (QED) is 0.340. The minimum Gasteiger partial charge on any atom is -0.223 e. The summed E-state index contributed by atoms with van der Waals surface area (Å²) in [6.45, 7) is 3.37. The summed E-state index contributed by atoms with van der Waals surface area (Å²) >= 11 is 0. The van der Waals surface area contributed by atoms with Crippen molar-refractivity contribution in [1.82, 2.24) is 0 Å². The summed E-state index contributed by atoms with van der Waals surface area (Å²) in [6.07, 6.45) is 1.33. The van der Waals surface area contributed by atoms with E-state index in [1.807, 2.05) is 0 Å². The Morgan fingerprint density at radius 2 is 2.00 bits per heavy atom. The second kappa shape index (κ2) is 4.63. The molecule has 0 amide bonds. The number of sulfone groups is 1. The van der Waals surface area contributed by atoms with Gasteiger partial charge in [-0.25, -0.2) is 8.42 Å². The van der Waals surface area contributed by atoms with Crippen molar-refractivity contribution in [1.29, 1.82) is 0 Å². The summed E-state index contributed by atoms with van der Waals surface area (Å²) in [5.74, 6) is -0.103. The molecule has 0 heterocycles. The molecule has 0 aliphatic carbocycles. The van der Waals surface area contributed by atoms with Crippen molar-refractivity contribution in [2.45, 2.75) is 4.90 Å². The monoisotopic (exact) mass is 223 g/mol. The van der Waals surface area contributed by atoms with Gasteiger partial charge in [-0.3, -0.25) is 0 Å². The molecule has 15 heavy (non-hydrogen) atoms. The van der Waals surface area contributed by atoms with Crippen LogP contribution in [0.15, 0.2) is 46.9 Å². The van der Waals surface area contributed by atoms with Crippen LogP contribution in [-0.4, -0.2) is 14.2 Å². The third kappa shape index (κ3) is 2.83. The predicted octanol–water partition coefficient (Wildman–Crippen LogP) is 2.59. The van der Waals surface area contributed by atoms with E-state index in [2.05, 4.69) is 16.6 Å². The fourth-order valence-electron chi connectivity index (χ4n) is 1.02. The van der Waals surface area contributed by atoms with Gasteiger partial charge in [0.2, 0.25) is 0 Å². The number of benzene rings is 1. The van der Waals surface area contributed by atoms with E-state index in [4.69, 9.17) is 5.53 Å². The van der Waals surface area contributed by atoms with Crippen molar-refractivity contribution >= 4 is 15.5 Å². The molecule has 0 unspecified atom stereocenters. The summed E-state index contributed by atoms with van der Waals surface area (Å²) in [4.78, 5) is 2.79. The fourth-order valence-corrected chi connectivity index (χ4v) is 2.08. The molecule has 0 fully saturated rings. The lowest BCUT2D eigenvalue weighted by Gasteiger charge is -2.00. The van der Waals surface area contributed by atoms with Crippen LogP contribution in [0.5, 0.6) is 0 Å². The van der Waals surface area contributed by atoms with Gasteiger partial charge in [0.1, 0.15) is 0 Å². The lowest BCUT2D eigenvalue weighted by Crippen LogP contribution is -2.03. The maximum absolute atomic E-state index is 11.5. The second-order valence-electron chi connectivity index (χ2n) is 2.75. The van der Waals surface area contributed by atoms with Gasteiger partial charge in [0.05, 0.1) is 10.6 Å². The molecule has 0 aromatic heterocycles. The normalized spacial score (nSPS) is 10.4. The zero-order valence-corrected chi connectivity index (χ0v) is 8.68. The lowest BCUT2D eigenvalue weighted by atomic mass is 10.3. The van der Waals surface area contributed by atoms with Gasteiger partial charge in [-0.1, -0.05) is 23.3 Å². The van der Waals surface area contributed by atoms with Gasteiger partial charge in [-0.15, -0.1) is 6.58 Å². The van der Waals surface area contributed by atoms with Gasteiger partial charge < -0.3 is 0 Å². The SMILES string of the molecule is C=CCS(=O)(=O)c1ccc(N=[N+]=[N-])cc1. The van der Waals surface area contributed by atoms with Gasteiger partial charge in [0.25, 0.3) is 0 Å². The van der Waals surface area contributed by atoms with Crippen molar-refractivity contribution in [2.75, 3.05) is 5.75 Å². The zero-order valence-electron chi connectivity index (χ0n) is 7.87. The summed E-state index contributed by atoms with van der Waals surface area (Å²) < 4.78 is 23.1. The van der Waals surface area contributed by atoms with Crippen LogP contribution >= 0.6 is 0 Å². The third-order valence-corrected chi connectivity index (χ3v) is 3.36. The van der Waals surface area contributed by atoms with Crippen molar-refractivity contribution in [3.63, 3.8) is 0 Å². The molecule has 0 aliphatic rings. The Morgan fingerprint density at radius 1 is 1.40 bits per heavy atom. The molecule has 0 saturated carbocycles. The first kappa shape index (κ1) is 11.3. The van der Waals surface area contributed by atoms with Crippen LogP contribution in [0.1, 0.15) is 0 Å². The summed E-state index contributed by atoms with van der Waals surface area (Å²) in [7, 11) is -3.29. The molecular weight excluding hydrogens is 214 g/mol. The van der Waals surface area contributed by atoms with E-state index in [9.17, 15) is 8.42 Å². The van der Waals surface area contributed by atoms with Crippen LogP contribution in [0.2, 0.25) is 0 Å². The maximum atomic E-state index is 11.5. The predicted molar refractivity (Wildman–Crippen MR) is 57.5 cm³/mol. The Bertz CT molecular complexity index is 499. The van der Waals surface area contributed by atoms with Crippen LogP contribution in [-0.2, 0) is 9.84 Å². The van der Waals surface area contributed by atoms with E-state index >= 15 is 0 Å². The molecular formula is C9H9N3O2S. The van der Waals surface area contributed by atoms with Crippen LogP contribution in [0.25, 0.3) is 10.4 Å². The molecule has 0 radical (unpaired) electrons. The first-order valence-corrected chi connectivity index (χ1v) is 5.74. The Labute approximate surface area is 87.6 Å². The molecule has 5 nitrogen and oxygen atoms in total. The molecule has 0 atom stereocenters. The van der Waals surface area contributed by atoms with Crippen molar-refractivity contribution in [3.05, 3.63) is 47.4 Å². The average molecular weight is 223 g/mol. The minimum absolute atomic E-state index is 0.103. The molecule has 0 aliphatic heterocycles. The van der Waals surface area contributed by atoms with Gasteiger partial charge in [0, 0.05) is 10.6 Å². The fraction of sp³-hybridized carbons (Fsp3) is 0.111. The highest BCUT2D eigenvalue weighted by molar-refractivity contribution is 7.91. The Hall–Kier alpha value is -1.78. The van der Waals surface area contributed by atoms with Crippen LogP contribution in [0.4, 0.5) is 5.69 Å². The van der Waals surface area contributed by atoms with E-state index in [0.29, 0.717) is 5.69 Å². The number of hydrogen-bond acceptors (Lipinski definition) is 3. The number of hydrogen-bond donors (Lipinski definition) is 0. The van der Waals surface area contributed by atoms with Gasteiger partial charge >= 0.3 is 0 Å². The highest BCUT2D eigenvalue weighted by atomic mass is 32.2. The average Bonchev–Trinajstić information content (AvgIpc) is 2.19. The Morgan fingerprint density at radius 3 is 2.47 bits per heavy atom. The lowest BCUT2D eigenvalue weighted by molar-refractivity contribution is 0.599. The standard InChI is InChI=1S/C9H9N3O2S/c1-2-7-15(13,14)9-5-3-8(4-6-9)11-12-10/h2-6H,1,7H2. The third-order valence-electron chi connectivity index (χ3n) is 1.69. The smallest absolute Gasteiger partial charge is 0.181 e. The number of rotatable bonds is 4. The molecule has 0 saturated heterocycles. The second-order valence-corrected chi connectivity index (χ2v) is 4.79. The van der Waals surface area contributed by atoms with Crippen LogP contribution in [0, 0.1) is 0 Å².